The molecule has 0 spiro atoms. The van der Waals surface area contributed by atoms with Gasteiger partial charge in [0, 0.05) is 14.2 Å². The highest BCUT2D eigenvalue weighted by molar-refractivity contribution is 4.58. The highest BCUT2D eigenvalue weighted by Gasteiger charge is 2.06. The van der Waals surface area contributed by atoms with Crippen LogP contribution in [0.1, 0.15) is 19.3 Å². The third-order valence-electron chi connectivity index (χ3n) is 1.79. The van der Waals surface area contributed by atoms with E-state index >= 15 is 0 Å². The van der Waals surface area contributed by atoms with Gasteiger partial charge >= 0.3 is 0 Å². The molecular formula is C9H20O4. The van der Waals surface area contributed by atoms with Crippen LogP contribution in [0.5, 0.6) is 0 Å². The van der Waals surface area contributed by atoms with E-state index in [1.54, 1.807) is 14.2 Å². The van der Waals surface area contributed by atoms with Gasteiger partial charge in [-0.15, -0.1) is 0 Å². The van der Waals surface area contributed by atoms with Gasteiger partial charge in [0.05, 0.1) is 25.4 Å². The lowest BCUT2D eigenvalue weighted by Crippen LogP contribution is -2.17. The molecule has 0 radical (unpaired) electrons. The first-order chi connectivity index (χ1) is 6.20. The van der Waals surface area contributed by atoms with Crippen LogP contribution in [0.2, 0.25) is 0 Å². The number of aliphatic hydroxyl groups is 2. The summed E-state index contributed by atoms with van der Waals surface area (Å²) in [5.41, 5.74) is 0. The van der Waals surface area contributed by atoms with E-state index < -0.39 is 12.2 Å². The fourth-order valence-electron chi connectivity index (χ4n) is 1.14. The maximum atomic E-state index is 9.25. The van der Waals surface area contributed by atoms with Crippen LogP contribution in [0.25, 0.3) is 0 Å². The average molecular weight is 192 g/mol. The Morgan fingerprint density at radius 1 is 0.923 bits per heavy atom. The van der Waals surface area contributed by atoms with E-state index in [0.717, 1.165) is 6.42 Å². The van der Waals surface area contributed by atoms with Gasteiger partial charge in [-0.25, -0.2) is 0 Å². The predicted octanol–water partition coefficient (Wildman–Crippen LogP) is 0.171. The second kappa shape index (κ2) is 8.44. The summed E-state index contributed by atoms with van der Waals surface area (Å²) < 4.78 is 9.54. The number of methoxy groups -OCH3 is 2. The molecule has 0 heterocycles. The molecule has 0 aliphatic carbocycles. The van der Waals surface area contributed by atoms with Crippen molar-refractivity contribution in [2.45, 2.75) is 31.5 Å². The number of ether oxygens (including phenoxy) is 2. The van der Waals surface area contributed by atoms with Crippen molar-refractivity contribution < 1.29 is 19.7 Å². The maximum absolute atomic E-state index is 9.25. The minimum atomic E-state index is -0.417. The standard InChI is InChI=1S/C9H20O4/c1-12-6-8(10)4-3-5-9(11)7-13-2/h8-11H,3-7H2,1-2H3. The molecule has 2 N–H and O–H groups in total. The molecule has 4 heteroatoms. The summed E-state index contributed by atoms with van der Waals surface area (Å²) >= 11 is 0. The Bertz CT molecular complexity index is 95.8. The molecule has 0 rings (SSSR count). The number of aliphatic hydroxyl groups excluding tert-OH is 2. The lowest BCUT2D eigenvalue weighted by atomic mass is 10.1. The van der Waals surface area contributed by atoms with Crippen molar-refractivity contribution in [3.05, 3.63) is 0 Å². The Labute approximate surface area is 79.5 Å². The normalized spacial score (nSPS) is 15.7. The summed E-state index contributed by atoms with van der Waals surface area (Å²) in [6.45, 7) is 0.723. The van der Waals surface area contributed by atoms with Gasteiger partial charge in [-0.05, 0) is 19.3 Å². The molecule has 0 saturated carbocycles. The van der Waals surface area contributed by atoms with Gasteiger partial charge in [0.25, 0.3) is 0 Å². The summed E-state index contributed by atoms with van der Waals surface area (Å²) in [7, 11) is 3.12. The maximum Gasteiger partial charge on any atom is 0.0773 e. The van der Waals surface area contributed by atoms with Gasteiger partial charge in [-0.3, -0.25) is 0 Å². The van der Waals surface area contributed by atoms with Crippen LogP contribution in [0.15, 0.2) is 0 Å². The fourth-order valence-corrected chi connectivity index (χ4v) is 1.14. The Morgan fingerprint density at radius 2 is 1.31 bits per heavy atom. The monoisotopic (exact) mass is 192 g/mol. The molecule has 0 fully saturated rings. The smallest absolute Gasteiger partial charge is 0.0773 e. The molecule has 80 valence electrons. The first-order valence-corrected chi connectivity index (χ1v) is 4.54. The van der Waals surface area contributed by atoms with Gasteiger partial charge in [0.1, 0.15) is 0 Å². The van der Waals surface area contributed by atoms with E-state index in [1.165, 1.54) is 0 Å². The zero-order valence-electron chi connectivity index (χ0n) is 8.40. The Balaban J connectivity index is 3.23. The van der Waals surface area contributed by atoms with Crippen molar-refractivity contribution in [2.24, 2.45) is 0 Å². The van der Waals surface area contributed by atoms with E-state index in [0.29, 0.717) is 26.1 Å². The SMILES string of the molecule is COCC(O)CCCC(O)COC. The predicted molar refractivity (Wildman–Crippen MR) is 49.6 cm³/mol. The molecule has 2 atom stereocenters. The number of rotatable bonds is 8. The number of hydrogen-bond acceptors (Lipinski definition) is 4. The third kappa shape index (κ3) is 8.18. The summed E-state index contributed by atoms with van der Waals surface area (Å²) in [6, 6.07) is 0. The first-order valence-electron chi connectivity index (χ1n) is 4.54. The van der Waals surface area contributed by atoms with Crippen molar-refractivity contribution in [1.29, 1.82) is 0 Å². The highest BCUT2D eigenvalue weighted by atomic mass is 16.5. The highest BCUT2D eigenvalue weighted by Crippen LogP contribution is 2.04. The summed E-state index contributed by atoms with van der Waals surface area (Å²) in [6.07, 6.45) is 1.28. The zero-order valence-corrected chi connectivity index (χ0v) is 8.40. The summed E-state index contributed by atoms with van der Waals surface area (Å²) in [5.74, 6) is 0. The van der Waals surface area contributed by atoms with Crippen LogP contribution in [0.3, 0.4) is 0 Å². The molecule has 4 nitrogen and oxygen atoms in total. The van der Waals surface area contributed by atoms with Crippen LogP contribution in [0, 0.1) is 0 Å². The van der Waals surface area contributed by atoms with Crippen LogP contribution in [-0.2, 0) is 9.47 Å². The molecule has 0 bridgehead atoms. The summed E-state index contributed by atoms with van der Waals surface area (Å²) in [4.78, 5) is 0. The largest absolute Gasteiger partial charge is 0.391 e. The van der Waals surface area contributed by atoms with Crippen molar-refractivity contribution in [3.63, 3.8) is 0 Å². The van der Waals surface area contributed by atoms with Gasteiger partial charge in [-0.1, -0.05) is 0 Å². The van der Waals surface area contributed by atoms with Gasteiger partial charge < -0.3 is 19.7 Å². The molecule has 0 aliphatic rings. The Kier molecular flexibility index (Phi) is 8.33. The molecule has 2 unspecified atom stereocenters. The first kappa shape index (κ1) is 12.8. The van der Waals surface area contributed by atoms with Crippen molar-refractivity contribution >= 4 is 0 Å². The van der Waals surface area contributed by atoms with Gasteiger partial charge in [0.2, 0.25) is 0 Å². The molecule has 0 saturated heterocycles. The number of hydrogen-bond donors (Lipinski definition) is 2. The minimum Gasteiger partial charge on any atom is -0.391 e. The molecule has 0 aliphatic heterocycles. The topological polar surface area (TPSA) is 58.9 Å². The van der Waals surface area contributed by atoms with E-state index in [1.807, 2.05) is 0 Å². The third-order valence-corrected chi connectivity index (χ3v) is 1.79. The Hall–Kier alpha value is -0.160. The van der Waals surface area contributed by atoms with Gasteiger partial charge in [0.15, 0.2) is 0 Å². The molecule has 13 heavy (non-hydrogen) atoms. The molecule has 0 amide bonds. The summed E-state index contributed by atoms with van der Waals surface area (Å²) in [5, 5.41) is 18.5. The Morgan fingerprint density at radius 3 is 1.62 bits per heavy atom. The van der Waals surface area contributed by atoms with Crippen molar-refractivity contribution in [3.8, 4) is 0 Å². The van der Waals surface area contributed by atoms with Crippen LogP contribution < -0.4 is 0 Å². The van der Waals surface area contributed by atoms with E-state index in [-0.39, 0.29) is 0 Å². The average Bonchev–Trinajstić information content (AvgIpc) is 2.05. The van der Waals surface area contributed by atoms with Gasteiger partial charge in [-0.2, -0.15) is 0 Å². The van der Waals surface area contributed by atoms with E-state index in [2.05, 4.69) is 0 Å². The lowest BCUT2D eigenvalue weighted by molar-refractivity contribution is 0.0407. The van der Waals surface area contributed by atoms with E-state index in [9.17, 15) is 10.2 Å². The lowest BCUT2D eigenvalue weighted by Gasteiger charge is -2.11. The minimum absolute atomic E-state index is 0.361. The fraction of sp³-hybridized carbons (Fsp3) is 1.00. The molecule has 0 aromatic heterocycles. The van der Waals surface area contributed by atoms with Crippen LogP contribution in [-0.4, -0.2) is 49.9 Å². The second-order valence-corrected chi connectivity index (χ2v) is 3.15. The van der Waals surface area contributed by atoms with Crippen molar-refractivity contribution in [2.75, 3.05) is 27.4 Å². The van der Waals surface area contributed by atoms with Crippen LogP contribution >= 0.6 is 0 Å². The quantitative estimate of drug-likeness (QED) is 0.575. The van der Waals surface area contributed by atoms with Crippen molar-refractivity contribution in [1.82, 2.24) is 0 Å². The van der Waals surface area contributed by atoms with Crippen LogP contribution in [0.4, 0.5) is 0 Å². The molecule has 0 aromatic rings. The zero-order chi connectivity index (χ0) is 10.1. The molecular weight excluding hydrogens is 172 g/mol. The second-order valence-electron chi connectivity index (χ2n) is 3.15. The van der Waals surface area contributed by atoms with E-state index in [4.69, 9.17) is 9.47 Å². The molecule has 0 aromatic carbocycles.